The third-order valence-corrected chi connectivity index (χ3v) is 4.03. The number of sulfonamides is 1. The lowest BCUT2D eigenvalue weighted by Crippen LogP contribution is -2.34. The molecule has 0 saturated carbocycles. The zero-order valence-corrected chi connectivity index (χ0v) is 11.9. The van der Waals surface area contributed by atoms with E-state index >= 15 is 0 Å². The van der Waals surface area contributed by atoms with Crippen molar-refractivity contribution in [3.63, 3.8) is 0 Å². The van der Waals surface area contributed by atoms with E-state index in [1.165, 1.54) is 18.5 Å². The van der Waals surface area contributed by atoms with Gasteiger partial charge in [-0.1, -0.05) is 13.8 Å². The second-order valence-corrected chi connectivity index (χ2v) is 6.22. The van der Waals surface area contributed by atoms with Crippen LogP contribution in [0.3, 0.4) is 0 Å². The first-order valence-electron chi connectivity index (χ1n) is 5.04. The fourth-order valence-electron chi connectivity index (χ4n) is 1.02. The van der Waals surface area contributed by atoms with E-state index in [0.29, 0.717) is 10.9 Å². The van der Waals surface area contributed by atoms with E-state index in [1.807, 2.05) is 11.6 Å². The van der Waals surface area contributed by atoms with Gasteiger partial charge in [0.05, 0.1) is 0 Å². The number of pyridine rings is 1. The van der Waals surface area contributed by atoms with Crippen LogP contribution in [0.25, 0.3) is 0 Å². The van der Waals surface area contributed by atoms with Crippen molar-refractivity contribution in [3.8, 4) is 0 Å². The lowest BCUT2D eigenvalue weighted by atomic mass is 10.1. The van der Waals surface area contributed by atoms with Gasteiger partial charge in [-0.15, -0.1) is 0 Å². The third kappa shape index (κ3) is 3.78. The molecule has 0 fully saturated rings. The molecule has 0 bridgehead atoms. The molecular weight excluding hydrogens is 308 g/mol. The quantitative estimate of drug-likeness (QED) is 0.916. The molecule has 0 spiro atoms. The van der Waals surface area contributed by atoms with Gasteiger partial charge in [0.1, 0.15) is 4.90 Å². The zero-order chi connectivity index (χ0) is 13.1. The summed E-state index contributed by atoms with van der Waals surface area (Å²) in [7, 11) is -3.83. The van der Waals surface area contributed by atoms with E-state index in [-0.39, 0.29) is 10.8 Å². The van der Waals surface area contributed by atoms with Crippen LogP contribution in [0.1, 0.15) is 20.3 Å². The minimum Gasteiger partial charge on any atom is -0.274 e. The SMILES string of the molecule is CC[C@H](C)C(=O)NS(=O)(=O)c1cncc(Br)c1. The minimum absolute atomic E-state index is 0.0384. The second kappa shape index (κ2) is 5.59. The summed E-state index contributed by atoms with van der Waals surface area (Å²) in [6, 6.07) is 1.39. The molecule has 0 saturated heterocycles. The molecule has 0 aromatic carbocycles. The monoisotopic (exact) mass is 320 g/mol. The van der Waals surface area contributed by atoms with Crippen LogP contribution >= 0.6 is 15.9 Å². The number of nitrogens with zero attached hydrogens (tertiary/aromatic N) is 1. The topological polar surface area (TPSA) is 76.1 Å². The summed E-state index contributed by atoms with van der Waals surface area (Å²) in [5, 5.41) is 0. The number of nitrogens with one attached hydrogen (secondary N) is 1. The fraction of sp³-hybridized carbons (Fsp3) is 0.400. The summed E-state index contributed by atoms with van der Waals surface area (Å²) >= 11 is 3.12. The van der Waals surface area contributed by atoms with Crippen LogP contribution in [0.5, 0.6) is 0 Å². The van der Waals surface area contributed by atoms with Crippen molar-refractivity contribution in [3.05, 3.63) is 22.9 Å². The number of aromatic nitrogens is 1. The van der Waals surface area contributed by atoms with Crippen LogP contribution < -0.4 is 4.72 Å². The molecule has 0 unspecified atom stereocenters. The molecule has 1 N–H and O–H groups in total. The first-order chi connectivity index (χ1) is 7.86. The van der Waals surface area contributed by atoms with E-state index in [9.17, 15) is 13.2 Å². The van der Waals surface area contributed by atoms with Gasteiger partial charge in [0.25, 0.3) is 10.0 Å². The largest absolute Gasteiger partial charge is 0.274 e. The van der Waals surface area contributed by atoms with E-state index in [1.54, 1.807) is 6.92 Å². The number of hydrogen-bond acceptors (Lipinski definition) is 4. The summed E-state index contributed by atoms with van der Waals surface area (Å²) in [4.78, 5) is 15.2. The predicted molar refractivity (Wildman–Crippen MR) is 66.7 cm³/mol. The van der Waals surface area contributed by atoms with Crippen molar-refractivity contribution in [2.45, 2.75) is 25.2 Å². The highest BCUT2D eigenvalue weighted by Gasteiger charge is 2.21. The molecule has 0 aliphatic heterocycles. The highest BCUT2D eigenvalue weighted by atomic mass is 79.9. The number of halogens is 1. The van der Waals surface area contributed by atoms with Crippen LogP contribution in [0.4, 0.5) is 0 Å². The molecule has 0 aliphatic rings. The van der Waals surface area contributed by atoms with Crippen molar-refractivity contribution < 1.29 is 13.2 Å². The molecular formula is C10H13BrN2O3S. The third-order valence-electron chi connectivity index (χ3n) is 2.29. The van der Waals surface area contributed by atoms with Crippen LogP contribution in [-0.2, 0) is 14.8 Å². The van der Waals surface area contributed by atoms with Crippen LogP contribution in [0, 0.1) is 5.92 Å². The summed E-state index contributed by atoms with van der Waals surface area (Å²) in [6.45, 7) is 3.49. The van der Waals surface area contributed by atoms with Gasteiger partial charge >= 0.3 is 0 Å². The van der Waals surface area contributed by atoms with Crippen molar-refractivity contribution >= 4 is 31.9 Å². The highest BCUT2D eigenvalue weighted by Crippen LogP contribution is 2.14. The Kier molecular flexibility index (Phi) is 4.64. The Morgan fingerprint density at radius 2 is 2.18 bits per heavy atom. The van der Waals surface area contributed by atoms with Gasteiger partial charge in [-0.2, -0.15) is 0 Å². The lowest BCUT2D eigenvalue weighted by Gasteiger charge is -2.10. The molecule has 1 amide bonds. The standard InChI is InChI=1S/C10H13BrN2O3S/c1-3-7(2)10(14)13-17(15,16)9-4-8(11)5-12-6-9/h4-7H,3H2,1-2H3,(H,13,14)/t7-/m0/s1. The van der Waals surface area contributed by atoms with Crippen LogP contribution in [0.15, 0.2) is 27.8 Å². The molecule has 5 nitrogen and oxygen atoms in total. The van der Waals surface area contributed by atoms with Gasteiger partial charge in [0, 0.05) is 22.8 Å². The van der Waals surface area contributed by atoms with E-state index in [4.69, 9.17) is 0 Å². The Labute approximate surface area is 109 Å². The number of carbonyl (C=O) groups is 1. The number of hydrogen-bond donors (Lipinski definition) is 1. The van der Waals surface area contributed by atoms with Gasteiger partial charge in [-0.25, -0.2) is 13.1 Å². The second-order valence-electron chi connectivity index (χ2n) is 3.62. The Morgan fingerprint density at radius 3 is 2.71 bits per heavy atom. The minimum atomic E-state index is -3.83. The highest BCUT2D eigenvalue weighted by molar-refractivity contribution is 9.10. The average Bonchev–Trinajstić information content (AvgIpc) is 2.27. The molecule has 17 heavy (non-hydrogen) atoms. The first kappa shape index (κ1) is 14.1. The van der Waals surface area contributed by atoms with Crippen molar-refractivity contribution in [2.75, 3.05) is 0 Å². The van der Waals surface area contributed by atoms with Crippen molar-refractivity contribution in [1.29, 1.82) is 0 Å². The molecule has 0 aliphatic carbocycles. The Bertz CT molecular complexity index is 516. The molecule has 1 atom stereocenters. The van der Waals surface area contributed by atoms with Crippen molar-refractivity contribution in [1.82, 2.24) is 9.71 Å². The van der Waals surface area contributed by atoms with E-state index < -0.39 is 15.9 Å². The lowest BCUT2D eigenvalue weighted by molar-refractivity contribution is -0.122. The van der Waals surface area contributed by atoms with Crippen molar-refractivity contribution in [2.24, 2.45) is 5.92 Å². The smallest absolute Gasteiger partial charge is 0.265 e. The zero-order valence-electron chi connectivity index (χ0n) is 9.47. The maximum atomic E-state index is 11.8. The molecule has 1 aromatic heterocycles. The molecule has 94 valence electrons. The van der Waals surface area contributed by atoms with E-state index in [2.05, 4.69) is 20.9 Å². The Morgan fingerprint density at radius 1 is 1.53 bits per heavy atom. The normalized spacial score (nSPS) is 13.1. The summed E-state index contributed by atoms with van der Waals surface area (Å²) in [5.41, 5.74) is 0. The summed E-state index contributed by atoms with van der Waals surface area (Å²) in [6.07, 6.45) is 3.24. The van der Waals surface area contributed by atoms with Gasteiger partial charge < -0.3 is 0 Å². The number of carbonyl (C=O) groups excluding carboxylic acids is 1. The average molecular weight is 321 g/mol. The maximum absolute atomic E-state index is 11.8. The Balaban J connectivity index is 2.94. The number of amides is 1. The summed E-state index contributed by atoms with van der Waals surface area (Å²) < 4.78 is 26.2. The number of rotatable bonds is 4. The van der Waals surface area contributed by atoms with Gasteiger partial charge in [-0.3, -0.25) is 9.78 Å². The van der Waals surface area contributed by atoms with Crippen LogP contribution in [0.2, 0.25) is 0 Å². The summed E-state index contributed by atoms with van der Waals surface area (Å²) in [5.74, 6) is -0.850. The first-order valence-corrected chi connectivity index (χ1v) is 7.31. The maximum Gasteiger partial charge on any atom is 0.265 e. The molecule has 1 aromatic rings. The molecule has 0 radical (unpaired) electrons. The van der Waals surface area contributed by atoms with E-state index in [0.717, 1.165) is 0 Å². The van der Waals surface area contributed by atoms with Gasteiger partial charge in [0.2, 0.25) is 5.91 Å². The van der Waals surface area contributed by atoms with Gasteiger partial charge in [0.15, 0.2) is 0 Å². The Hall–Kier alpha value is -0.950. The van der Waals surface area contributed by atoms with Crippen LogP contribution in [-0.4, -0.2) is 19.3 Å². The predicted octanol–water partition coefficient (Wildman–Crippen LogP) is 1.70. The molecule has 1 heterocycles. The van der Waals surface area contributed by atoms with Gasteiger partial charge in [-0.05, 0) is 28.4 Å². The molecule has 1 rings (SSSR count). The molecule has 7 heteroatoms. The fourth-order valence-corrected chi connectivity index (χ4v) is 2.60.